The Bertz CT molecular complexity index is 1260. The quantitative estimate of drug-likeness (QED) is 0.390. The van der Waals surface area contributed by atoms with Gasteiger partial charge in [0.15, 0.2) is 0 Å². The number of amides is 2. The Balaban J connectivity index is 1.49. The van der Waals surface area contributed by atoms with Crippen LogP contribution in [-0.4, -0.2) is 34.3 Å². The fourth-order valence-electron chi connectivity index (χ4n) is 5.73. The Hall–Kier alpha value is -3.34. The number of nitrogens with zero attached hydrogens (tertiary/aromatic N) is 1. The number of benzene rings is 2. The highest BCUT2D eigenvalue weighted by Gasteiger charge is 2.46. The predicted molar refractivity (Wildman–Crippen MR) is 140 cm³/mol. The first kappa shape index (κ1) is 23.4. The Morgan fingerprint density at radius 2 is 1.91 bits per heavy atom. The van der Waals surface area contributed by atoms with Gasteiger partial charge in [0.1, 0.15) is 6.04 Å². The van der Waals surface area contributed by atoms with Gasteiger partial charge in [0.05, 0.1) is 6.04 Å². The molecular formula is C30H35N3O2. The van der Waals surface area contributed by atoms with E-state index in [1.165, 1.54) is 18.4 Å². The second kappa shape index (κ2) is 10.1. The first-order valence-electron chi connectivity index (χ1n) is 13.0. The van der Waals surface area contributed by atoms with Crippen molar-refractivity contribution in [2.24, 2.45) is 5.92 Å². The van der Waals surface area contributed by atoms with Gasteiger partial charge in [0, 0.05) is 34.8 Å². The second-order valence-electron chi connectivity index (χ2n) is 9.97. The fourth-order valence-corrected chi connectivity index (χ4v) is 5.73. The third kappa shape index (κ3) is 4.40. The second-order valence-corrected chi connectivity index (χ2v) is 9.97. The van der Waals surface area contributed by atoms with Crippen LogP contribution in [0.5, 0.6) is 0 Å². The molecule has 2 heterocycles. The largest absolute Gasteiger partial charge is 0.361 e. The van der Waals surface area contributed by atoms with Crippen molar-refractivity contribution in [3.63, 3.8) is 0 Å². The van der Waals surface area contributed by atoms with Crippen LogP contribution in [0.4, 0.5) is 0 Å². The number of aromatic nitrogens is 1. The summed E-state index contributed by atoms with van der Waals surface area (Å²) in [4.78, 5) is 32.8. The molecule has 35 heavy (non-hydrogen) atoms. The molecule has 2 amide bonds. The van der Waals surface area contributed by atoms with E-state index in [9.17, 15) is 9.59 Å². The molecule has 0 radical (unpaired) electrons. The maximum absolute atomic E-state index is 13.9. The van der Waals surface area contributed by atoms with Crippen molar-refractivity contribution in [3.8, 4) is 0 Å². The molecule has 5 heteroatoms. The van der Waals surface area contributed by atoms with Crippen molar-refractivity contribution >= 4 is 22.7 Å². The number of hydrogen-bond acceptors (Lipinski definition) is 2. The number of carbonyl (C=O) groups excluding carboxylic acids is 2. The third-order valence-electron chi connectivity index (χ3n) is 7.80. The van der Waals surface area contributed by atoms with E-state index in [4.69, 9.17) is 0 Å². The zero-order valence-corrected chi connectivity index (χ0v) is 20.7. The Morgan fingerprint density at radius 1 is 1.11 bits per heavy atom. The van der Waals surface area contributed by atoms with Crippen LogP contribution < -0.4 is 5.32 Å². The minimum absolute atomic E-state index is 0.0230. The summed E-state index contributed by atoms with van der Waals surface area (Å²) in [5, 5.41) is 4.27. The Kier molecular flexibility index (Phi) is 6.76. The van der Waals surface area contributed by atoms with E-state index in [2.05, 4.69) is 36.3 Å². The normalized spacial score (nSPS) is 19.4. The van der Waals surface area contributed by atoms with E-state index in [0.29, 0.717) is 12.1 Å². The van der Waals surface area contributed by atoms with Crippen LogP contribution in [0.15, 0.2) is 66.4 Å². The van der Waals surface area contributed by atoms with Gasteiger partial charge in [-0.05, 0) is 55.7 Å². The van der Waals surface area contributed by atoms with Gasteiger partial charge >= 0.3 is 0 Å². The lowest BCUT2D eigenvalue weighted by molar-refractivity contribution is -0.127. The average Bonchev–Trinajstić information content (AvgIpc) is 3.44. The van der Waals surface area contributed by atoms with Gasteiger partial charge < -0.3 is 15.2 Å². The molecule has 0 saturated heterocycles. The van der Waals surface area contributed by atoms with Gasteiger partial charge in [-0.2, -0.15) is 0 Å². The van der Waals surface area contributed by atoms with Gasteiger partial charge in [0.2, 0.25) is 5.91 Å². The maximum atomic E-state index is 13.9. The predicted octanol–water partition coefficient (Wildman–Crippen LogP) is 6.13. The molecule has 2 aliphatic rings. The van der Waals surface area contributed by atoms with Gasteiger partial charge in [-0.25, -0.2) is 0 Å². The number of carbonyl (C=O) groups is 2. The van der Waals surface area contributed by atoms with Crippen LogP contribution in [0.25, 0.3) is 10.9 Å². The molecule has 2 aromatic carbocycles. The van der Waals surface area contributed by atoms with E-state index in [0.717, 1.165) is 47.7 Å². The summed E-state index contributed by atoms with van der Waals surface area (Å²) in [6.45, 7) is 4.78. The average molecular weight is 470 g/mol. The van der Waals surface area contributed by atoms with Crippen LogP contribution >= 0.6 is 0 Å². The monoisotopic (exact) mass is 469 g/mol. The SMILES string of the molecule is CCC(C)C(C(=O)NCCC1=CCCCC1)N1C(=O)c2ccccc2C1c1c[nH]c2ccccc12. The van der Waals surface area contributed by atoms with E-state index in [1.54, 1.807) is 0 Å². The highest BCUT2D eigenvalue weighted by Crippen LogP contribution is 2.43. The van der Waals surface area contributed by atoms with Crippen molar-refractivity contribution in [1.29, 1.82) is 0 Å². The summed E-state index contributed by atoms with van der Waals surface area (Å²) in [5.74, 6) is -0.0945. The zero-order valence-electron chi connectivity index (χ0n) is 20.7. The summed E-state index contributed by atoms with van der Waals surface area (Å²) in [6.07, 6.45) is 10.8. The van der Waals surface area contributed by atoms with Crippen molar-refractivity contribution < 1.29 is 9.59 Å². The molecule has 3 atom stereocenters. The summed E-state index contributed by atoms with van der Waals surface area (Å²) >= 11 is 0. The van der Waals surface area contributed by atoms with Crippen molar-refractivity contribution in [1.82, 2.24) is 15.2 Å². The summed E-state index contributed by atoms with van der Waals surface area (Å²) in [5.41, 5.74) is 5.17. The Morgan fingerprint density at radius 3 is 2.71 bits per heavy atom. The zero-order chi connectivity index (χ0) is 24.4. The molecule has 5 nitrogen and oxygen atoms in total. The van der Waals surface area contributed by atoms with Gasteiger partial charge in [-0.3, -0.25) is 9.59 Å². The molecule has 1 aliphatic heterocycles. The summed E-state index contributed by atoms with van der Waals surface area (Å²) in [7, 11) is 0. The lowest BCUT2D eigenvalue weighted by Gasteiger charge is -2.36. The molecule has 0 bridgehead atoms. The fraction of sp³-hybridized carbons (Fsp3) is 0.400. The number of para-hydroxylation sites is 1. The van der Waals surface area contributed by atoms with Crippen LogP contribution in [0.2, 0.25) is 0 Å². The van der Waals surface area contributed by atoms with Gasteiger partial charge in [0.25, 0.3) is 5.91 Å². The molecule has 0 spiro atoms. The number of aromatic amines is 1. The van der Waals surface area contributed by atoms with E-state index >= 15 is 0 Å². The number of allylic oxidation sites excluding steroid dienone is 1. The molecule has 182 valence electrons. The van der Waals surface area contributed by atoms with Crippen LogP contribution in [0.3, 0.4) is 0 Å². The molecule has 3 unspecified atom stereocenters. The van der Waals surface area contributed by atoms with Crippen molar-refractivity contribution in [2.45, 2.75) is 64.5 Å². The maximum Gasteiger partial charge on any atom is 0.255 e. The smallest absolute Gasteiger partial charge is 0.255 e. The Labute approximate surface area is 207 Å². The van der Waals surface area contributed by atoms with E-state index < -0.39 is 6.04 Å². The summed E-state index contributed by atoms with van der Waals surface area (Å²) in [6, 6.07) is 15.1. The topological polar surface area (TPSA) is 65.2 Å². The first-order chi connectivity index (χ1) is 17.1. The van der Waals surface area contributed by atoms with Crippen LogP contribution in [-0.2, 0) is 4.79 Å². The number of hydrogen-bond donors (Lipinski definition) is 2. The molecular weight excluding hydrogens is 434 g/mol. The summed E-state index contributed by atoms with van der Waals surface area (Å²) < 4.78 is 0. The minimum atomic E-state index is -0.543. The highest BCUT2D eigenvalue weighted by atomic mass is 16.2. The number of nitrogens with one attached hydrogen (secondary N) is 2. The molecule has 1 aromatic heterocycles. The molecule has 0 saturated carbocycles. The van der Waals surface area contributed by atoms with Gasteiger partial charge in [-0.15, -0.1) is 0 Å². The number of rotatable bonds is 8. The van der Waals surface area contributed by atoms with E-state index in [1.807, 2.05) is 53.6 Å². The van der Waals surface area contributed by atoms with Crippen molar-refractivity contribution in [3.05, 3.63) is 83.1 Å². The third-order valence-corrected chi connectivity index (χ3v) is 7.80. The number of H-pyrrole nitrogens is 1. The highest BCUT2D eigenvalue weighted by molar-refractivity contribution is 6.03. The standard InChI is InChI=1S/C30H35N3O2/c1-3-20(2)27(29(34)31-18-17-21-11-5-4-6-12-21)33-28(23-14-7-8-15-24(23)30(33)35)25-19-32-26-16-10-9-13-22(25)26/h7-11,13-16,19-20,27-28,32H,3-6,12,17-18H2,1-2H3,(H,31,34). The van der Waals surface area contributed by atoms with Crippen LogP contribution in [0, 0.1) is 5.92 Å². The van der Waals surface area contributed by atoms with Crippen LogP contribution in [0.1, 0.15) is 79.9 Å². The van der Waals surface area contributed by atoms with Gasteiger partial charge in [-0.1, -0.05) is 68.3 Å². The molecule has 5 rings (SSSR count). The lowest BCUT2D eigenvalue weighted by atomic mass is 9.92. The van der Waals surface area contributed by atoms with Crippen molar-refractivity contribution in [2.75, 3.05) is 6.54 Å². The molecule has 1 aliphatic carbocycles. The molecule has 3 aromatic rings. The lowest BCUT2D eigenvalue weighted by Crippen LogP contribution is -2.52. The first-order valence-corrected chi connectivity index (χ1v) is 13.0. The minimum Gasteiger partial charge on any atom is -0.361 e. The number of fused-ring (bicyclic) bond motifs is 2. The molecule has 2 N–H and O–H groups in total. The molecule has 0 fully saturated rings. The van der Waals surface area contributed by atoms with E-state index in [-0.39, 0.29) is 23.8 Å².